The highest BCUT2D eigenvalue weighted by Crippen LogP contribution is 2.50. The Bertz CT molecular complexity index is 1490. The van der Waals surface area contributed by atoms with Crippen molar-refractivity contribution in [3.63, 3.8) is 0 Å². The van der Waals surface area contributed by atoms with E-state index in [0.29, 0.717) is 16.7 Å². The molecular weight excluding hydrogens is 528 g/mol. The van der Waals surface area contributed by atoms with Gasteiger partial charge in [-0.2, -0.15) is 0 Å². The number of hydrogen-bond donors (Lipinski definition) is 2. The van der Waals surface area contributed by atoms with Crippen LogP contribution in [0, 0.1) is 6.92 Å². The average Bonchev–Trinajstić information content (AvgIpc) is 3.30. The van der Waals surface area contributed by atoms with E-state index < -0.39 is 58.0 Å². The number of benzene rings is 1. The van der Waals surface area contributed by atoms with E-state index >= 15 is 0 Å². The van der Waals surface area contributed by atoms with E-state index in [4.69, 9.17) is 9.26 Å². The van der Waals surface area contributed by atoms with Crippen LogP contribution in [0.1, 0.15) is 17.5 Å². The van der Waals surface area contributed by atoms with E-state index in [9.17, 15) is 43.6 Å². The zero-order chi connectivity index (χ0) is 26.4. The van der Waals surface area contributed by atoms with Crippen molar-refractivity contribution in [3.05, 3.63) is 62.6 Å². The van der Waals surface area contributed by atoms with E-state index in [-0.39, 0.29) is 6.54 Å². The summed E-state index contributed by atoms with van der Waals surface area (Å²) in [5, 5.41) is 25.1. The molecule has 16 nitrogen and oxygen atoms in total. The molecule has 1 saturated heterocycles. The molecule has 0 bridgehead atoms. The Labute approximate surface area is 200 Å². The highest BCUT2D eigenvalue weighted by molar-refractivity contribution is 7.58. The summed E-state index contributed by atoms with van der Waals surface area (Å²) in [6, 6.07) is 6.20. The Balaban J connectivity index is 1.58. The molecule has 1 aliphatic heterocycles. The summed E-state index contributed by atoms with van der Waals surface area (Å²) in [6.45, 7) is 0.434. The summed E-state index contributed by atoms with van der Waals surface area (Å²) in [5.41, 5.74) is -0.141. The van der Waals surface area contributed by atoms with Crippen molar-refractivity contribution in [2.75, 3.05) is 6.61 Å². The Hall–Kier alpha value is -2.49. The lowest BCUT2D eigenvalue weighted by atomic mass is 10.1. The van der Waals surface area contributed by atoms with Crippen LogP contribution < -0.4 is 25.9 Å². The first kappa shape index (κ1) is 26.6. The topological polar surface area (TPSA) is 242 Å². The molecule has 3 aromatic rings. The molecule has 0 saturated carbocycles. The first-order valence-corrected chi connectivity index (χ1v) is 13.1. The summed E-state index contributed by atoms with van der Waals surface area (Å²) in [6.07, 6.45) is -5.79. The van der Waals surface area contributed by atoms with Gasteiger partial charge < -0.3 is 43.2 Å². The quantitative estimate of drug-likeness (QED) is 0.277. The molecule has 18 heteroatoms. The minimum atomic E-state index is -5.94. The maximum Gasteiger partial charge on any atom is 0.333 e. The lowest BCUT2D eigenvalue weighted by molar-refractivity contribution is -0.339. The van der Waals surface area contributed by atoms with E-state index in [1.807, 2.05) is 0 Å². The van der Waals surface area contributed by atoms with Crippen molar-refractivity contribution in [3.8, 4) is 0 Å². The lowest BCUT2D eigenvalue weighted by Crippen LogP contribution is -2.43. The number of phosphoric ester groups is 1. The molecule has 1 aliphatic rings. The number of fused-ring (bicyclic) bond motifs is 1. The molecule has 0 radical (unpaired) electrons. The number of aliphatic hydroxyl groups is 2. The number of rotatable bonds is 8. The molecule has 5 atom stereocenters. The number of phosphoric acid groups is 2. The number of aryl methyl sites for hydroxylation is 1. The number of nitrogens with zero attached hydrogens (tertiary/aromatic N) is 3. The normalized spacial score (nSPS) is 24.3. The molecule has 3 heterocycles. The highest BCUT2D eigenvalue weighted by atomic mass is 31.3. The van der Waals surface area contributed by atoms with Gasteiger partial charge in [0.1, 0.15) is 24.0 Å². The van der Waals surface area contributed by atoms with Crippen molar-refractivity contribution >= 4 is 26.6 Å². The van der Waals surface area contributed by atoms with Crippen molar-refractivity contribution in [1.29, 1.82) is 0 Å². The van der Waals surface area contributed by atoms with Crippen LogP contribution in [-0.4, -0.2) is 49.4 Å². The third-order valence-corrected chi connectivity index (χ3v) is 7.45. The van der Waals surface area contributed by atoms with Gasteiger partial charge in [-0.3, -0.25) is 22.8 Å². The van der Waals surface area contributed by atoms with E-state index in [1.54, 1.807) is 25.1 Å². The lowest BCUT2D eigenvalue weighted by Gasteiger charge is -2.35. The molecule has 0 amide bonds. The smallest absolute Gasteiger partial charge is 0.333 e. The number of aromatic nitrogens is 3. The predicted molar refractivity (Wildman–Crippen MR) is 111 cm³/mol. The maximum absolute atomic E-state index is 13.1. The number of aliphatic hydroxyl groups excluding tert-OH is 2. The maximum atomic E-state index is 13.1. The van der Waals surface area contributed by atoms with Crippen LogP contribution in [0.4, 0.5) is 0 Å². The Morgan fingerprint density at radius 1 is 1.14 bits per heavy atom. The van der Waals surface area contributed by atoms with Gasteiger partial charge >= 0.3 is 5.69 Å². The molecule has 196 valence electrons. The van der Waals surface area contributed by atoms with Crippen LogP contribution >= 0.6 is 15.6 Å². The SMILES string of the molecule is Cc1cccc2onc(Cn3c(=O)ccn([C@@H]4O[C@H](COP(=O)([O-])OP(=O)([O-])[O-])C(O)[C@@H]4O)c3=O)c12. The third kappa shape index (κ3) is 5.43. The second kappa shape index (κ2) is 9.76. The summed E-state index contributed by atoms with van der Waals surface area (Å²) in [5.74, 6) is 0. The minimum absolute atomic E-state index is 0.291. The van der Waals surface area contributed by atoms with Crippen LogP contribution in [0.15, 0.2) is 44.6 Å². The van der Waals surface area contributed by atoms with Gasteiger partial charge in [-0.05, 0) is 18.6 Å². The van der Waals surface area contributed by atoms with Crippen molar-refractivity contribution in [2.45, 2.75) is 38.0 Å². The molecule has 2 N–H and O–H groups in total. The van der Waals surface area contributed by atoms with Crippen LogP contribution in [0.3, 0.4) is 0 Å². The minimum Gasteiger partial charge on any atom is -0.790 e. The van der Waals surface area contributed by atoms with Crippen molar-refractivity contribution in [2.24, 2.45) is 0 Å². The van der Waals surface area contributed by atoms with Gasteiger partial charge in [0, 0.05) is 17.6 Å². The highest BCUT2D eigenvalue weighted by Gasteiger charge is 2.44. The standard InChI is InChI=1S/C18H21N3O13P2/c1-9-3-2-4-11-14(9)10(19-33-11)7-21-13(22)5-6-20(18(21)25)17-16(24)15(23)12(32-17)8-31-36(29,30)34-35(26,27)28/h2-6,12,15-17,23-24H,7-8H2,1H3,(H,29,30)(H2,26,27,28)/p-3/t12-,15?,16+,17-/m1/s1. The molecule has 2 unspecified atom stereocenters. The van der Waals surface area contributed by atoms with Crippen LogP contribution in [0.5, 0.6) is 0 Å². The molecule has 0 aliphatic carbocycles. The molecule has 0 spiro atoms. The Morgan fingerprint density at radius 2 is 1.86 bits per heavy atom. The van der Waals surface area contributed by atoms with Gasteiger partial charge in [0.05, 0.1) is 21.0 Å². The molecule has 4 rings (SSSR count). The van der Waals surface area contributed by atoms with Gasteiger partial charge in [0.15, 0.2) is 11.8 Å². The van der Waals surface area contributed by atoms with Gasteiger partial charge in [-0.25, -0.2) is 4.79 Å². The monoisotopic (exact) mass is 546 g/mol. The van der Waals surface area contributed by atoms with E-state index in [0.717, 1.165) is 27.0 Å². The van der Waals surface area contributed by atoms with Crippen molar-refractivity contribution < 1.29 is 52.1 Å². The summed E-state index contributed by atoms with van der Waals surface area (Å²) in [4.78, 5) is 58.0. The van der Waals surface area contributed by atoms with E-state index in [2.05, 4.69) is 14.0 Å². The third-order valence-electron chi connectivity index (χ3n) is 5.39. The van der Waals surface area contributed by atoms with Crippen molar-refractivity contribution in [1.82, 2.24) is 14.3 Å². The van der Waals surface area contributed by atoms with Gasteiger partial charge in [0.25, 0.3) is 13.4 Å². The van der Waals surface area contributed by atoms with Gasteiger partial charge in [-0.1, -0.05) is 17.3 Å². The van der Waals surface area contributed by atoms with Gasteiger partial charge in [-0.15, -0.1) is 0 Å². The molecule has 1 fully saturated rings. The molecular formula is C18H18N3O13P2-3. The first-order valence-electron chi connectivity index (χ1n) is 10.1. The summed E-state index contributed by atoms with van der Waals surface area (Å²) < 4.78 is 41.7. The first-order chi connectivity index (χ1) is 16.8. The fourth-order valence-corrected chi connectivity index (χ4v) is 5.27. The zero-order valence-electron chi connectivity index (χ0n) is 18.2. The predicted octanol–water partition coefficient (Wildman–Crippen LogP) is -2.54. The molecule has 2 aromatic heterocycles. The number of hydrogen-bond acceptors (Lipinski definition) is 14. The fraction of sp³-hybridized carbons (Fsp3) is 0.389. The Morgan fingerprint density at radius 3 is 2.56 bits per heavy atom. The van der Waals surface area contributed by atoms with E-state index in [1.165, 1.54) is 0 Å². The molecule has 1 aromatic carbocycles. The fourth-order valence-electron chi connectivity index (χ4n) is 3.77. The van der Waals surface area contributed by atoms with Crippen LogP contribution in [0.25, 0.3) is 11.0 Å². The average molecular weight is 546 g/mol. The second-order valence-electron chi connectivity index (χ2n) is 7.83. The zero-order valence-corrected chi connectivity index (χ0v) is 20.0. The van der Waals surface area contributed by atoms with Gasteiger partial charge in [0.2, 0.25) is 0 Å². The largest absolute Gasteiger partial charge is 0.790 e. The second-order valence-corrected chi connectivity index (χ2v) is 10.5. The van der Waals surface area contributed by atoms with Crippen LogP contribution in [0.2, 0.25) is 0 Å². The summed E-state index contributed by atoms with van der Waals surface area (Å²) >= 11 is 0. The van der Waals surface area contributed by atoms with Crippen LogP contribution in [-0.2, 0) is 29.2 Å². The number of ether oxygens (including phenoxy) is 1. The Kier molecular flexibility index (Phi) is 7.20. The molecule has 36 heavy (non-hydrogen) atoms. The summed E-state index contributed by atoms with van der Waals surface area (Å²) in [7, 11) is -11.6.